The fraction of sp³-hybridized carbons (Fsp3) is 0.400. The van der Waals surface area contributed by atoms with Crippen molar-refractivity contribution in [3.63, 3.8) is 0 Å². The predicted molar refractivity (Wildman–Crippen MR) is 85.0 cm³/mol. The lowest BCUT2D eigenvalue weighted by atomic mass is 9.81. The molecule has 3 atom stereocenters. The summed E-state index contributed by atoms with van der Waals surface area (Å²) < 4.78 is 6.29. The highest BCUT2D eigenvalue weighted by Gasteiger charge is 2.52. The molecule has 20 heavy (non-hydrogen) atoms. The molecule has 0 aromatic heterocycles. The van der Waals surface area contributed by atoms with E-state index in [1.165, 1.54) is 0 Å². The van der Waals surface area contributed by atoms with E-state index < -0.39 is 5.72 Å². The Labute approximate surface area is 129 Å². The first-order valence-electron chi connectivity index (χ1n) is 6.65. The van der Waals surface area contributed by atoms with Crippen LogP contribution in [0.3, 0.4) is 0 Å². The van der Waals surface area contributed by atoms with E-state index in [0.29, 0.717) is 16.7 Å². The van der Waals surface area contributed by atoms with Crippen LogP contribution in [0.5, 0.6) is 5.75 Å². The van der Waals surface area contributed by atoms with Gasteiger partial charge in [0, 0.05) is 23.0 Å². The monoisotopic (exact) mass is 308 g/mol. The largest absolute Gasteiger partial charge is 0.467 e. The molecule has 0 spiro atoms. The number of benzene rings is 1. The van der Waals surface area contributed by atoms with Crippen LogP contribution in [0.4, 0.5) is 0 Å². The van der Waals surface area contributed by atoms with E-state index in [2.05, 4.69) is 25.7 Å². The molecule has 0 aliphatic carbocycles. The van der Waals surface area contributed by atoms with Crippen LogP contribution in [-0.4, -0.2) is 22.3 Å². The maximum absolute atomic E-state index is 6.29. The molecule has 2 bridgehead atoms. The van der Waals surface area contributed by atoms with Gasteiger partial charge in [-0.25, -0.2) is 0 Å². The molecular weight excluding hydrogens is 292 g/mol. The number of thiocarbonyl (C=S) groups is 1. The van der Waals surface area contributed by atoms with Crippen molar-refractivity contribution >= 4 is 28.9 Å². The standard InChI is InChI=1S/C15H17ClN2OS/c1-4-7-18-14(20)17-13-9(2)15(18,3)19-12-6-5-10(16)8-11(12)13/h4-6,8-9,13H,1,7H2,2-3H3,(H,17,20)/t9-,13-,15+/m1/s1. The Morgan fingerprint density at radius 2 is 2.35 bits per heavy atom. The Bertz CT molecular complexity index is 591. The number of nitrogens with zero attached hydrogens (tertiary/aromatic N) is 1. The Hall–Kier alpha value is -1.26. The number of ether oxygens (including phenoxy) is 1. The summed E-state index contributed by atoms with van der Waals surface area (Å²) in [6.07, 6.45) is 1.84. The van der Waals surface area contributed by atoms with E-state index in [4.69, 9.17) is 28.6 Å². The average Bonchev–Trinajstić information content (AvgIpc) is 2.40. The number of halogens is 1. The molecule has 0 radical (unpaired) electrons. The third-order valence-electron chi connectivity index (χ3n) is 4.34. The number of hydrogen-bond acceptors (Lipinski definition) is 2. The lowest BCUT2D eigenvalue weighted by Gasteiger charge is -2.56. The van der Waals surface area contributed by atoms with Gasteiger partial charge in [0.2, 0.25) is 0 Å². The van der Waals surface area contributed by atoms with Crippen LogP contribution < -0.4 is 10.1 Å². The minimum Gasteiger partial charge on any atom is -0.467 e. The first kappa shape index (κ1) is 13.7. The Balaban J connectivity index is 2.12. The molecule has 5 heteroatoms. The van der Waals surface area contributed by atoms with Crippen molar-refractivity contribution < 1.29 is 4.74 Å². The molecule has 3 nitrogen and oxygen atoms in total. The van der Waals surface area contributed by atoms with E-state index in [1.54, 1.807) is 0 Å². The molecule has 1 saturated heterocycles. The summed E-state index contributed by atoms with van der Waals surface area (Å²) in [5, 5.41) is 4.82. The number of hydrogen-bond donors (Lipinski definition) is 1. The Morgan fingerprint density at radius 1 is 1.60 bits per heavy atom. The molecule has 1 N–H and O–H groups in total. The molecule has 3 rings (SSSR count). The topological polar surface area (TPSA) is 24.5 Å². The first-order valence-corrected chi connectivity index (χ1v) is 7.43. The molecule has 1 fully saturated rings. The van der Waals surface area contributed by atoms with Crippen molar-refractivity contribution in [3.8, 4) is 5.75 Å². The van der Waals surface area contributed by atoms with Crippen molar-refractivity contribution in [2.75, 3.05) is 6.54 Å². The van der Waals surface area contributed by atoms with Gasteiger partial charge in [-0.15, -0.1) is 6.58 Å². The number of nitrogens with one attached hydrogen (secondary N) is 1. The highest BCUT2D eigenvalue weighted by molar-refractivity contribution is 7.80. The fourth-order valence-corrected chi connectivity index (χ4v) is 3.62. The smallest absolute Gasteiger partial charge is 0.187 e. The summed E-state index contributed by atoms with van der Waals surface area (Å²) in [6.45, 7) is 8.71. The van der Waals surface area contributed by atoms with Gasteiger partial charge >= 0.3 is 0 Å². The maximum atomic E-state index is 6.29. The second kappa shape index (κ2) is 4.64. The van der Waals surface area contributed by atoms with Crippen LogP contribution in [0, 0.1) is 5.92 Å². The van der Waals surface area contributed by atoms with E-state index in [9.17, 15) is 0 Å². The van der Waals surface area contributed by atoms with Gasteiger partial charge in [0.1, 0.15) is 5.75 Å². The van der Waals surface area contributed by atoms with E-state index in [0.717, 1.165) is 11.3 Å². The third kappa shape index (κ3) is 1.82. The van der Waals surface area contributed by atoms with E-state index >= 15 is 0 Å². The molecule has 2 aliphatic heterocycles. The Morgan fingerprint density at radius 3 is 3.05 bits per heavy atom. The highest BCUT2D eigenvalue weighted by Crippen LogP contribution is 2.48. The molecule has 0 amide bonds. The van der Waals surface area contributed by atoms with Gasteiger partial charge in [0.05, 0.1) is 6.04 Å². The van der Waals surface area contributed by atoms with Crippen molar-refractivity contribution in [2.45, 2.75) is 25.6 Å². The molecular formula is C15H17ClN2OS. The first-order chi connectivity index (χ1) is 9.47. The lowest BCUT2D eigenvalue weighted by molar-refractivity contribution is -0.106. The van der Waals surface area contributed by atoms with Gasteiger partial charge < -0.3 is 15.0 Å². The number of rotatable bonds is 2. The molecule has 0 saturated carbocycles. The van der Waals surface area contributed by atoms with Crippen molar-refractivity contribution in [2.24, 2.45) is 5.92 Å². The van der Waals surface area contributed by atoms with Crippen LogP contribution in [0.1, 0.15) is 25.5 Å². The SMILES string of the molecule is C=CCN1C(=S)N[C@H]2c3cc(Cl)ccc3O[C@@]1(C)[C@@H]2C. The number of fused-ring (bicyclic) bond motifs is 4. The third-order valence-corrected chi connectivity index (χ3v) is 4.91. The van der Waals surface area contributed by atoms with Gasteiger partial charge in [-0.1, -0.05) is 24.6 Å². The zero-order valence-electron chi connectivity index (χ0n) is 11.5. The molecule has 0 unspecified atom stereocenters. The molecule has 2 aliphatic rings. The van der Waals surface area contributed by atoms with E-state index in [-0.39, 0.29) is 12.0 Å². The minimum atomic E-state index is -0.470. The maximum Gasteiger partial charge on any atom is 0.187 e. The highest BCUT2D eigenvalue weighted by atomic mass is 35.5. The van der Waals surface area contributed by atoms with Gasteiger partial charge in [0.15, 0.2) is 10.8 Å². The second-order valence-corrected chi connectivity index (χ2v) is 6.28. The molecule has 1 aromatic carbocycles. The molecule has 1 aromatic rings. The summed E-state index contributed by atoms with van der Waals surface area (Å²) in [5.41, 5.74) is 0.602. The minimum absolute atomic E-state index is 0.121. The summed E-state index contributed by atoms with van der Waals surface area (Å²) >= 11 is 11.6. The van der Waals surface area contributed by atoms with Crippen molar-refractivity contribution in [1.82, 2.24) is 10.2 Å². The molecule has 2 heterocycles. The van der Waals surface area contributed by atoms with Crippen LogP contribution >= 0.6 is 23.8 Å². The van der Waals surface area contributed by atoms with Crippen LogP contribution in [0.25, 0.3) is 0 Å². The zero-order valence-corrected chi connectivity index (χ0v) is 13.1. The fourth-order valence-electron chi connectivity index (χ4n) is 3.06. The van der Waals surface area contributed by atoms with Gasteiger partial charge in [-0.3, -0.25) is 0 Å². The van der Waals surface area contributed by atoms with Crippen molar-refractivity contribution in [1.29, 1.82) is 0 Å². The van der Waals surface area contributed by atoms with Gasteiger partial charge in [-0.2, -0.15) is 0 Å². The van der Waals surface area contributed by atoms with Crippen LogP contribution in [0.2, 0.25) is 5.02 Å². The van der Waals surface area contributed by atoms with Gasteiger partial charge in [-0.05, 0) is 37.3 Å². The summed E-state index contributed by atoms with van der Waals surface area (Å²) in [5.74, 6) is 1.10. The summed E-state index contributed by atoms with van der Waals surface area (Å²) in [7, 11) is 0. The summed E-state index contributed by atoms with van der Waals surface area (Å²) in [4.78, 5) is 2.05. The van der Waals surface area contributed by atoms with E-state index in [1.807, 2.05) is 29.2 Å². The molecule has 106 valence electrons. The summed E-state index contributed by atoms with van der Waals surface area (Å²) in [6, 6.07) is 5.86. The Kier molecular flexibility index (Phi) is 3.18. The van der Waals surface area contributed by atoms with Crippen LogP contribution in [-0.2, 0) is 0 Å². The second-order valence-electron chi connectivity index (χ2n) is 5.45. The lowest BCUT2D eigenvalue weighted by Crippen LogP contribution is -2.68. The average molecular weight is 309 g/mol. The van der Waals surface area contributed by atoms with Gasteiger partial charge in [0.25, 0.3) is 0 Å². The quantitative estimate of drug-likeness (QED) is 0.667. The zero-order chi connectivity index (χ0) is 14.5. The normalized spacial score (nSPS) is 31.1. The van der Waals surface area contributed by atoms with Crippen molar-refractivity contribution in [3.05, 3.63) is 41.4 Å². The predicted octanol–water partition coefficient (Wildman–Crippen LogP) is 3.50. The van der Waals surface area contributed by atoms with Crippen LogP contribution in [0.15, 0.2) is 30.9 Å².